The van der Waals surface area contributed by atoms with Crippen LogP contribution in [0.1, 0.15) is 15.9 Å². The predicted molar refractivity (Wildman–Crippen MR) is 97.0 cm³/mol. The molecule has 0 atom stereocenters. The number of amides is 2. The number of rotatable bonds is 4. The van der Waals surface area contributed by atoms with Crippen molar-refractivity contribution in [3.8, 4) is 0 Å². The first-order chi connectivity index (χ1) is 12.1. The van der Waals surface area contributed by atoms with Crippen LogP contribution >= 0.6 is 11.6 Å². The van der Waals surface area contributed by atoms with Crippen molar-refractivity contribution in [2.45, 2.75) is 6.42 Å². The molecular weight excluding hydrogens is 340 g/mol. The van der Waals surface area contributed by atoms with E-state index < -0.39 is 0 Å². The van der Waals surface area contributed by atoms with Crippen LogP contribution in [0.15, 0.2) is 48.5 Å². The number of nitrogens with zero attached hydrogens (tertiary/aromatic N) is 1. The van der Waals surface area contributed by atoms with Crippen molar-refractivity contribution in [3.05, 3.63) is 64.7 Å². The Kier molecular flexibility index (Phi) is 5.68. The normalized spacial score (nSPS) is 14.2. The summed E-state index contributed by atoms with van der Waals surface area (Å²) < 4.78 is 5.27. The van der Waals surface area contributed by atoms with Gasteiger partial charge in [-0.25, -0.2) is 0 Å². The van der Waals surface area contributed by atoms with Gasteiger partial charge in [-0.1, -0.05) is 29.8 Å². The average molecular weight is 359 g/mol. The molecule has 0 unspecified atom stereocenters. The summed E-state index contributed by atoms with van der Waals surface area (Å²) in [6.07, 6.45) is 0.249. The third-order valence-corrected chi connectivity index (χ3v) is 4.22. The highest BCUT2D eigenvalue weighted by molar-refractivity contribution is 6.30. The average Bonchev–Trinajstić information content (AvgIpc) is 2.64. The molecule has 0 aliphatic carbocycles. The van der Waals surface area contributed by atoms with E-state index in [1.54, 1.807) is 41.3 Å². The van der Waals surface area contributed by atoms with E-state index in [0.717, 1.165) is 5.56 Å². The molecule has 0 bridgehead atoms. The van der Waals surface area contributed by atoms with Crippen LogP contribution in [0.3, 0.4) is 0 Å². The van der Waals surface area contributed by atoms with Crippen molar-refractivity contribution in [1.29, 1.82) is 0 Å². The molecule has 5 nitrogen and oxygen atoms in total. The SMILES string of the molecule is O=C(Cc1ccc(Cl)cc1)Nc1cccc(C(=O)N2CCOCC2)c1. The third-order valence-electron chi connectivity index (χ3n) is 3.97. The molecule has 1 saturated heterocycles. The zero-order valence-corrected chi connectivity index (χ0v) is 14.5. The summed E-state index contributed by atoms with van der Waals surface area (Å²) in [4.78, 5) is 26.5. The summed E-state index contributed by atoms with van der Waals surface area (Å²) in [5.74, 6) is -0.185. The van der Waals surface area contributed by atoms with E-state index in [0.29, 0.717) is 42.6 Å². The smallest absolute Gasteiger partial charge is 0.254 e. The lowest BCUT2D eigenvalue weighted by Gasteiger charge is -2.27. The van der Waals surface area contributed by atoms with Crippen LogP contribution in [0, 0.1) is 0 Å². The second-order valence-electron chi connectivity index (χ2n) is 5.84. The van der Waals surface area contributed by atoms with E-state index in [4.69, 9.17) is 16.3 Å². The number of anilines is 1. The zero-order chi connectivity index (χ0) is 17.6. The van der Waals surface area contributed by atoms with E-state index in [9.17, 15) is 9.59 Å². The van der Waals surface area contributed by atoms with Crippen molar-refractivity contribution >= 4 is 29.1 Å². The van der Waals surface area contributed by atoms with Gasteiger partial charge in [-0.05, 0) is 35.9 Å². The van der Waals surface area contributed by atoms with Gasteiger partial charge in [0.25, 0.3) is 5.91 Å². The first-order valence-electron chi connectivity index (χ1n) is 8.13. The van der Waals surface area contributed by atoms with Crippen LogP contribution in [0.4, 0.5) is 5.69 Å². The lowest BCUT2D eigenvalue weighted by atomic mass is 10.1. The first kappa shape index (κ1) is 17.5. The highest BCUT2D eigenvalue weighted by Gasteiger charge is 2.18. The van der Waals surface area contributed by atoms with Crippen LogP contribution in [0.5, 0.6) is 0 Å². The molecule has 1 N–H and O–H groups in total. The Morgan fingerprint density at radius 2 is 1.80 bits per heavy atom. The van der Waals surface area contributed by atoms with Crippen LogP contribution in [0.2, 0.25) is 5.02 Å². The minimum absolute atomic E-state index is 0.0444. The summed E-state index contributed by atoms with van der Waals surface area (Å²) >= 11 is 5.84. The molecule has 0 radical (unpaired) electrons. The molecule has 2 aromatic carbocycles. The molecule has 2 aromatic rings. The monoisotopic (exact) mass is 358 g/mol. The molecule has 6 heteroatoms. The van der Waals surface area contributed by atoms with Crippen LogP contribution < -0.4 is 5.32 Å². The summed E-state index contributed by atoms with van der Waals surface area (Å²) in [5.41, 5.74) is 2.05. The maximum atomic E-state index is 12.5. The summed E-state index contributed by atoms with van der Waals surface area (Å²) in [6, 6.07) is 14.2. The number of halogens is 1. The molecule has 1 aliphatic rings. The quantitative estimate of drug-likeness (QED) is 0.914. The van der Waals surface area contributed by atoms with Gasteiger partial charge in [0.05, 0.1) is 19.6 Å². The Labute approximate surface area is 151 Å². The Balaban J connectivity index is 1.63. The van der Waals surface area contributed by atoms with Gasteiger partial charge >= 0.3 is 0 Å². The van der Waals surface area contributed by atoms with Crippen molar-refractivity contribution in [2.24, 2.45) is 0 Å². The molecule has 0 aromatic heterocycles. The van der Waals surface area contributed by atoms with Gasteiger partial charge < -0.3 is 15.0 Å². The maximum absolute atomic E-state index is 12.5. The zero-order valence-electron chi connectivity index (χ0n) is 13.7. The lowest BCUT2D eigenvalue weighted by molar-refractivity contribution is -0.115. The van der Waals surface area contributed by atoms with E-state index in [1.807, 2.05) is 12.1 Å². The molecule has 1 fully saturated rings. The molecule has 3 rings (SSSR count). The Morgan fingerprint density at radius 3 is 2.52 bits per heavy atom. The third kappa shape index (κ3) is 4.81. The molecular formula is C19H19ClN2O3. The summed E-state index contributed by atoms with van der Waals surface area (Å²) in [6.45, 7) is 2.30. The second kappa shape index (κ2) is 8.14. The standard InChI is InChI=1S/C19H19ClN2O3/c20-16-6-4-14(5-7-16)12-18(23)21-17-3-1-2-15(13-17)19(24)22-8-10-25-11-9-22/h1-7,13H,8-12H2,(H,21,23). The number of hydrogen-bond donors (Lipinski definition) is 1. The second-order valence-corrected chi connectivity index (χ2v) is 6.27. The molecule has 130 valence electrons. The lowest BCUT2D eigenvalue weighted by Crippen LogP contribution is -2.40. The van der Waals surface area contributed by atoms with Gasteiger partial charge in [0.1, 0.15) is 0 Å². The van der Waals surface area contributed by atoms with E-state index in [1.165, 1.54) is 0 Å². The number of nitrogens with one attached hydrogen (secondary N) is 1. The molecule has 25 heavy (non-hydrogen) atoms. The minimum atomic E-state index is -0.140. The van der Waals surface area contributed by atoms with Gasteiger partial charge in [-0.3, -0.25) is 9.59 Å². The molecule has 1 aliphatic heterocycles. The number of hydrogen-bond acceptors (Lipinski definition) is 3. The van der Waals surface area contributed by atoms with Crippen molar-refractivity contribution < 1.29 is 14.3 Å². The molecule has 0 saturated carbocycles. The minimum Gasteiger partial charge on any atom is -0.378 e. The first-order valence-corrected chi connectivity index (χ1v) is 8.51. The molecule has 0 spiro atoms. The topological polar surface area (TPSA) is 58.6 Å². The van der Waals surface area contributed by atoms with Gasteiger partial charge in [0, 0.05) is 29.4 Å². The maximum Gasteiger partial charge on any atom is 0.254 e. The molecule has 2 amide bonds. The summed E-state index contributed by atoms with van der Waals surface area (Å²) in [5, 5.41) is 3.47. The van der Waals surface area contributed by atoms with E-state index >= 15 is 0 Å². The fourth-order valence-corrected chi connectivity index (χ4v) is 2.80. The largest absolute Gasteiger partial charge is 0.378 e. The number of carbonyl (C=O) groups excluding carboxylic acids is 2. The van der Waals surface area contributed by atoms with Crippen LogP contribution in [-0.2, 0) is 16.0 Å². The highest BCUT2D eigenvalue weighted by Crippen LogP contribution is 2.15. The summed E-state index contributed by atoms with van der Waals surface area (Å²) in [7, 11) is 0. The highest BCUT2D eigenvalue weighted by atomic mass is 35.5. The number of benzene rings is 2. The Hall–Kier alpha value is -2.37. The predicted octanol–water partition coefficient (Wildman–Crippen LogP) is 2.99. The Morgan fingerprint density at radius 1 is 1.08 bits per heavy atom. The van der Waals surface area contributed by atoms with Gasteiger partial charge in [0.15, 0.2) is 0 Å². The fraction of sp³-hybridized carbons (Fsp3) is 0.263. The van der Waals surface area contributed by atoms with Crippen LogP contribution in [0.25, 0.3) is 0 Å². The van der Waals surface area contributed by atoms with Crippen LogP contribution in [-0.4, -0.2) is 43.0 Å². The van der Waals surface area contributed by atoms with Crippen molar-refractivity contribution in [3.63, 3.8) is 0 Å². The Bertz CT molecular complexity index is 756. The number of ether oxygens (including phenoxy) is 1. The van der Waals surface area contributed by atoms with E-state index in [2.05, 4.69) is 5.32 Å². The van der Waals surface area contributed by atoms with Crippen molar-refractivity contribution in [1.82, 2.24) is 4.90 Å². The van der Waals surface area contributed by atoms with E-state index in [-0.39, 0.29) is 18.2 Å². The number of carbonyl (C=O) groups is 2. The van der Waals surface area contributed by atoms with Gasteiger partial charge in [-0.15, -0.1) is 0 Å². The van der Waals surface area contributed by atoms with Gasteiger partial charge in [-0.2, -0.15) is 0 Å². The van der Waals surface area contributed by atoms with Crippen molar-refractivity contribution in [2.75, 3.05) is 31.6 Å². The fourth-order valence-electron chi connectivity index (χ4n) is 2.67. The number of morpholine rings is 1. The molecule has 1 heterocycles. The van der Waals surface area contributed by atoms with Gasteiger partial charge in [0.2, 0.25) is 5.91 Å².